The van der Waals surface area contributed by atoms with E-state index in [0.29, 0.717) is 48.4 Å². The molecule has 0 unspecified atom stereocenters. The number of rotatable bonds is 4. The fourth-order valence-electron chi connectivity index (χ4n) is 3.53. The molecular formula is C20H21FN4O3S2. The van der Waals surface area contributed by atoms with Gasteiger partial charge in [0.15, 0.2) is 0 Å². The second-order valence-corrected chi connectivity index (χ2v) is 10.2. The van der Waals surface area contributed by atoms with Gasteiger partial charge in [0.25, 0.3) is 5.91 Å². The lowest BCUT2D eigenvalue weighted by atomic mass is 10.0. The van der Waals surface area contributed by atoms with Crippen molar-refractivity contribution in [2.75, 3.05) is 13.1 Å². The molecule has 1 amide bonds. The molecule has 0 spiro atoms. The molecule has 0 aliphatic carbocycles. The molecule has 1 N–H and O–H groups in total. The van der Waals surface area contributed by atoms with Crippen LogP contribution >= 0.6 is 11.3 Å². The molecule has 0 atom stereocenters. The van der Waals surface area contributed by atoms with Gasteiger partial charge in [-0.25, -0.2) is 27.5 Å². The maximum absolute atomic E-state index is 14.1. The lowest BCUT2D eigenvalue weighted by Gasteiger charge is -2.32. The van der Waals surface area contributed by atoms with E-state index in [4.69, 9.17) is 0 Å². The molecule has 3 aromatic rings. The number of halogens is 1. The van der Waals surface area contributed by atoms with Gasteiger partial charge in [-0.05, 0) is 44.2 Å². The standard InChI is InChI=1S/C20H21FN4O3S2/c1-12-13(2)23-19-16(10-14(21)11-17(19)22-12)20(26)25-7-5-15(6-8-25)24-30(27,28)18-4-3-9-29-18/h3-4,9-11,15,24H,5-8H2,1-2H3. The van der Waals surface area contributed by atoms with Gasteiger partial charge < -0.3 is 4.90 Å². The van der Waals surface area contributed by atoms with E-state index < -0.39 is 15.8 Å². The van der Waals surface area contributed by atoms with Gasteiger partial charge >= 0.3 is 0 Å². The minimum absolute atomic E-state index is 0.179. The molecule has 2 aromatic heterocycles. The van der Waals surface area contributed by atoms with Gasteiger partial charge in [0, 0.05) is 25.2 Å². The molecule has 30 heavy (non-hydrogen) atoms. The van der Waals surface area contributed by atoms with Crippen LogP contribution in [0, 0.1) is 19.7 Å². The van der Waals surface area contributed by atoms with Crippen LogP contribution in [-0.2, 0) is 10.0 Å². The SMILES string of the molecule is Cc1nc2cc(F)cc(C(=O)N3CCC(NS(=O)(=O)c4cccs4)CC3)c2nc1C. The summed E-state index contributed by atoms with van der Waals surface area (Å²) >= 11 is 1.16. The topological polar surface area (TPSA) is 92.3 Å². The highest BCUT2D eigenvalue weighted by atomic mass is 32.2. The Hall–Kier alpha value is -2.43. The average molecular weight is 449 g/mol. The van der Waals surface area contributed by atoms with Crippen LogP contribution in [0.25, 0.3) is 11.0 Å². The number of carbonyl (C=O) groups is 1. The zero-order chi connectivity index (χ0) is 21.5. The molecule has 1 aromatic carbocycles. The third kappa shape index (κ3) is 4.07. The average Bonchev–Trinajstić information content (AvgIpc) is 3.24. The number of thiophene rings is 1. The number of nitrogens with zero attached hydrogens (tertiary/aromatic N) is 3. The van der Waals surface area contributed by atoms with Crippen LogP contribution in [-0.4, -0.2) is 48.3 Å². The third-order valence-electron chi connectivity index (χ3n) is 5.24. The molecule has 3 heterocycles. The summed E-state index contributed by atoms with van der Waals surface area (Å²) in [7, 11) is -3.55. The van der Waals surface area contributed by atoms with Crippen molar-refractivity contribution < 1.29 is 17.6 Å². The van der Waals surface area contributed by atoms with Crippen molar-refractivity contribution in [3.8, 4) is 0 Å². The zero-order valence-electron chi connectivity index (χ0n) is 16.6. The van der Waals surface area contributed by atoms with Gasteiger partial charge in [-0.1, -0.05) is 6.07 Å². The maximum Gasteiger partial charge on any atom is 0.256 e. The molecular weight excluding hydrogens is 427 g/mol. The first-order valence-corrected chi connectivity index (χ1v) is 11.9. The molecule has 0 bridgehead atoms. The minimum atomic E-state index is -3.55. The molecule has 0 radical (unpaired) electrons. The number of carbonyl (C=O) groups excluding carboxylic acids is 1. The van der Waals surface area contributed by atoms with Crippen LogP contribution in [0.4, 0.5) is 4.39 Å². The predicted molar refractivity (Wildman–Crippen MR) is 113 cm³/mol. The van der Waals surface area contributed by atoms with Gasteiger partial charge in [-0.2, -0.15) is 0 Å². The molecule has 1 fully saturated rings. The van der Waals surface area contributed by atoms with E-state index in [1.165, 1.54) is 12.1 Å². The van der Waals surface area contributed by atoms with Gasteiger partial charge in [-0.3, -0.25) is 4.79 Å². The summed E-state index contributed by atoms with van der Waals surface area (Å²) in [5, 5.41) is 1.71. The number of nitrogens with one attached hydrogen (secondary N) is 1. The van der Waals surface area contributed by atoms with E-state index in [1.54, 1.807) is 36.3 Å². The number of fused-ring (bicyclic) bond motifs is 1. The number of amides is 1. The number of piperidine rings is 1. The number of hydrogen-bond acceptors (Lipinski definition) is 6. The van der Waals surface area contributed by atoms with Gasteiger partial charge in [0.1, 0.15) is 15.5 Å². The van der Waals surface area contributed by atoms with E-state index >= 15 is 0 Å². The Labute approximate surface area is 178 Å². The summed E-state index contributed by atoms with van der Waals surface area (Å²) in [4.78, 5) is 23.5. The highest BCUT2D eigenvalue weighted by Crippen LogP contribution is 2.23. The highest BCUT2D eigenvalue weighted by Gasteiger charge is 2.29. The van der Waals surface area contributed by atoms with Crippen molar-refractivity contribution in [1.82, 2.24) is 19.6 Å². The molecule has 0 saturated carbocycles. The smallest absolute Gasteiger partial charge is 0.256 e. The summed E-state index contributed by atoms with van der Waals surface area (Å²) < 4.78 is 41.9. The summed E-state index contributed by atoms with van der Waals surface area (Å²) in [5.41, 5.74) is 2.28. The number of likely N-dealkylation sites (tertiary alicyclic amines) is 1. The maximum atomic E-state index is 14.1. The summed E-state index contributed by atoms with van der Waals surface area (Å²) in [6.45, 7) is 4.32. The number of aryl methyl sites for hydroxylation is 2. The van der Waals surface area contributed by atoms with E-state index in [0.717, 1.165) is 11.3 Å². The molecule has 1 aliphatic rings. The molecule has 7 nitrogen and oxygen atoms in total. The van der Waals surface area contributed by atoms with Crippen molar-refractivity contribution in [3.05, 3.63) is 52.4 Å². The van der Waals surface area contributed by atoms with Crippen LogP contribution in [0.5, 0.6) is 0 Å². The molecule has 158 valence electrons. The number of sulfonamides is 1. The molecule has 10 heteroatoms. The molecule has 4 rings (SSSR count). The Morgan fingerprint density at radius 3 is 2.57 bits per heavy atom. The van der Waals surface area contributed by atoms with Gasteiger partial charge in [-0.15, -0.1) is 11.3 Å². The predicted octanol–water partition coefficient (Wildman–Crippen LogP) is 3.03. The Morgan fingerprint density at radius 1 is 1.20 bits per heavy atom. The van der Waals surface area contributed by atoms with Crippen LogP contribution in [0.3, 0.4) is 0 Å². The van der Waals surface area contributed by atoms with E-state index in [-0.39, 0.29) is 21.7 Å². The summed E-state index contributed by atoms with van der Waals surface area (Å²) in [6.07, 6.45) is 0.959. The van der Waals surface area contributed by atoms with E-state index in [1.807, 2.05) is 0 Å². The second-order valence-electron chi connectivity index (χ2n) is 7.34. The van der Waals surface area contributed by atoms with Crippen molar-refractivity contribution >= 4 is 38.3 Å². The second kappa shape index (κ2) is 8.01. The normalized spacial score (nSPS) is 15.6. The van der Waals surface area contributed by atoms with Crippen molar-refractivity contribution in [1.29, 1.82) is 0 Å². The lowest BCUT2D eigenvalue weighted by Crippen LogP contribution is -2.46. The van der Waals surface area contributed by atoms with Crippen LogP contribution < -0.4 is 4.72 Å². The van der Waals surface area contributed by atoms with Crippen LogP contribution in [0.2, 0.25) is 0 Å². The monoisotopic (exact) mass is 448 g/mol. The van der Waals surface area contributed by atoms with Gasteiger partial charge in [0.05, 0.1) is 22.5 Å². The Kier molecular flexibility index (Phi) is 5.56. The van der Waals surface area contributed by atoms with E-state index in [2.05, 4.69) is 14.7 Å². The van der Waals surface area contributed by atoms with Crippen molar-refractivity contribution in [2.45, 2.75) is 36.9 Å². The third-order valence-corrected chi connectivity index (χ3v) is 8.16. The molecule has 1 saturated heterocycles. The highest BCUT2D eigenvalue weighted by molar-refractivity contribution is 7.91. The Bertz CT molecular complexity index is 1200. The minimum Gasteiger partial charge on any atom is -0.338 e. The fourth-order valence-corrected chi connectivity index (χ4v) is 5.84. The Balaban J connectivity index is 1.50. The molecule has 1 aliphatic heterocycles. The first-order valence-electron chi connectivity index (χ1n) is 9.54. The first kappa shape index (κ1) is 20.8. The number of benzene rings is 1. The number of hydrogen-bond donors (Lipinski definition) is 1. The summed E-state index contributed by atoms with van der Waals surface area (Å²) in [5.74, 6) is -0.862. The van der Waals surface area contributed by atoms with Crippen molar-refractivity contribution in [2.24, 2.45) is 0 Å². The van der Waals surface area contributed by atoms with Gasteiger partial charge in [0.2, 0.25) is 10.0 Å². The Morgan fingerprint density at radius 2 is 1.90 bits per heavy atom. The first-order chi connectivity index (χ1) is 14.2. The largest absolute Gasteiger partial charge is 0.338 e. The van der Waals surface area contributed by atoms with Crippen LogP contribution in [0.1, 0.15) is 34.6 Å². The zero-order valence-corrected chi connectivity index (χ0v) is 18.2. The van der Waals surface area contributed by atoms with Crippen molar-refractivity contribution in [3.63, 3.8) is 0 Å². The number of aromatic nitrogens is 2. The fraction of sp³-hybridized carbons (Fsp3) is 0.350. The quantitative estimate of drug-likeness (QED) is 0.662. The van der Waals surface area contributed by atoms with E-state index in [9.17, 15) is 17.6 Å². The lowest BCUT2D eigenvalue weighted by molar-refractivity contribution is 0.0712. The summed E-state index contributed by atoms with van der Waals surface area (Å²) in [6, 6.07) is 5.47. The van der Waals surface area contributed by atoms with Crippen LogP contribution in [0.15, 0.2) is 33.9 Å².